The first kappa shape index (κ1) is 12.2. The van der Waals surface area contributed by atoms with E-state index >= 15 is 0 Å². The van der Waals surface area contributed by atoms with Crippen LogP contribution in [0, 0.1) is 0 Å². The van der Waals surface area contributed by atoms with E-state index in [1.807, 2.05) is 18.2 Å². The van der Waals surface area contributed by atoms with Gasteiger partial charge in [-0.1, -0.05) is 12.1 Å². The van der Waals surface area contributed by atoms with Gasteiger partial charge in [-0.3, -0.25) is 9.59 Å². The van der Waals surface area contributed by atoms with E-state index in [0.29, 0.717) is 19.6 Å². The Labute approximate surface area is 111 Å². The Bertz CT molecular complexity index is 563. The van der Waals surface area contributed by atoms with Gasteiger partial charge in [-0.15, -0.1) is 0 Å². The van der Waals surface area contributed by atoms with Crippen LogP contribution in [0.3, 0.4) is 0 Å². The van der Waals surface area contributed by atoms with E-state index in [1.54, 1.807) is 11.9 Å². The highest BCUT2D eigenvalue weighted by Crippen LogP contribution is 2.37. The number of fused-ring (bicyclic) bond motifs is 1. The van der Waals surface area contributed by atoms with Crippen LogP contribution in [0.5, 0.6) is 0 Å². The fourth-order valence-corrected chi connectivity index (χ4v) is 2.67. The minimum atomic E-state index is -0.700. The van der Waals surface area contributed by atoms with E-state index in [9.17, 15) is 9.59 Å². The Morgan fingerprint density at radius 1 is 1.42 bits per heavy atom. The third-order valence-corrected chi connectivity index (χ3v) is 3.98. The highest BCUT2D eigenvalue weighted by atomic mass is 16.5. The monoisotopic (exact) mass is 261 g/mol. The van der Waals surface area contributed by atoms with Crippen molar-refractivity contribution >= 4 is 17.6 Å². The fraction of sp³-hybridized carbons (Fsp3) is 0.429. The van der Waals surface area contributed by atoms with Crippen molar-refractivity contribution in [3.63, 3.8) is 0 Å². The molecule has 0 spiro atoms. The molecule has 1 fully saturated rings. The summed E-state index contributed by atoms with van der Waals surface area (Å²) in [5.74, 6) is -0.208. The van der Waals surface area contributed by atoms with Crippen LogP contribution in [0.2, 0.25) is 0 Å². The molecule has 1 aromatic carbocycles. The molecule has 100 valence electrons. The molecule has 0 atom stereocenters. The van der Waals surface area contributed by atoms with Crippen molar-refractivity contribution in [1.29, 1.82) is 0 Å². The van der Waals surface area contributed by atoms with Crippen LogP contribution in [0.25, 0.3) is 0 Å². The summed E-state index contributed by atoms with van der Waals surface area (Å²) in [6.07, 6.45) is 0.387. The van der Waals surface area contributed by atoms with E-state index in [0.717, 1.165) is 16.8 Å². The standard InChI is InChI=1S/C14H15NO4/c1-15-11-4-3-10(5-9(11)6-12(15)16)14(7-19-8-14)13(17)18-2/h3-5H,6-8H2,1-2H3. The van der Waals surface area contributed by atoms with Gasteiger partial charge in [0.2, 0.25) is 5.91 Å². The normalized spacial score (nSPS) is 19.9. The average molecular weight is 261 g/mol. The molecular weight excluding hydrogens is 246 g/mol. The molecule has 0 N–H and O–H groups in total. The van der Waals surface area contributed by atoms with Gasteiger partial charge in [-0.05, 0) is 17.2 Å². The maximum Gasteiger partial charge on any atom is 0.321 e. The molecule has 0 aromatic heterocycles. The largest absolute Gasteiger partial charge is 0.468 e. The SMILES string of the molecule is COC(=O)C1(c2ccc3c(c2)CC(=O)N3C)COC1. The Morgan fingerprint density at radius 3 is 2.74 bits per heavy atom. The summed E-state index contributed by atoms with van der Waals surface area (Å²) < 4.78 is 10.1. The quantitative estimate of drug-likeness (QED) is 0.733. The molecule has 2 aliphatic rings. The summed E-state index contributed by atoms with van der Waals surface area (Å²) in [7, 11) is 3.14. The summed E-state index contributed by atoms with van der Waals surface area (Å²) in [5, 5.41) is 0. The number of hydrogen-bond donors (Lipinski definition) is 0. The number of esters is 1. The van der Waals surface area contributed by atoms with Gasteiger partial charge in [-0.25, -0.2) is 0 Å². The van der Waals surface area contributed by atoms with Crippen LogP contribution in [0.15, 0.2) is 18.2 Å². The van der Waals surface area contributed by atoms with Gasteiger partial charge in [0, 0.05) is 12.7 Å². The number of carbonyl (C=O) groups is 2. The second-order valence-corrected chi connectivity index (χ2v) is 5.04. The molecule has 2 aliphatic heterocycles. The first-order chi connectivity index (χ1) is 9.08. The van der Waals surface area contributed by atoms with Crippen molar-refractivity contribution in [3.05, 3.63) is 29.3 Å². The highest BCUT2D eigenvalue weighted by Gasteiger charge is 2.49. The molecule has 0 saturated carbocycles. The summed E-state index contributed by atoms with van der Waals surface area (Å²) >= 11 is 0. The van der Waals surface area contributed by atoms with E-state index in [2.05, 4.69) is 0 Å². The van der Waals surface area contributed by atoms with E-state index in [-0.39, 0.29) is 11.9 Å². The first-order valence-electron chi connectivity index (χ1n) is 6.14. The van der Waals surface area contributed by atoms with Gasteiger partial charge in [0.1, 0.15) is 5.41 Å². The third-order valence-electron chi connectivity index (χ3n) is 3.98. The Hall–Kier alpha value is -1.88. The zero-order valence-electron chi connectivity index (χ0n) is 10.9. The van der Waals surface area contributed by atoms with E-state index < -0.39 is 5.41 Å². The van der Waals surface area contributed by atoms with Gasteiger partial charge in [0.15, 0.2) is 0 Å². The summed E-state index contributed by atoms with van der Waals surface area (Å²) in [6, 6.07) is 5.70. The van der Waals surface area contributed by atoms with Crippen LogP contribution in [0.1, 0.15) is 11.1 Å². The van der Waals surface area contributed by atoms with Crippen LogP contribution in [-0.2, 0) is 30.9 Å². The molecule has 2 heterocycles. The fourth-order valence-electron chi connectivity index (χ4n) is 2.67. The van der Waals surface area contributed by atoms with Crippen LogP contribution >= 0.6 is 0 Å². The van der Waals surface area contributed by atoms with Gasteiger partial charge < -0.3 is 14.4 Å². The number of hydrogen-bond acceptors (Lipinski definition) is 4. The predicted molar refractivity (Wildman–Crippen MR) is 68.1 cm³/mol. The number of nitrogens with zero attached hydrogens (tertiary/aromatic N) is 1. The van der Waals surface area contributed by atoms with Gasteiger partial charge in [-0.2, -0.15) is 0 Å². The molecule has 5 nitrogen and oxygen atoms in total. The van der Waals surface area contributed by atoms with Crippen molar-refractivity contribution in [2.75, 3.05) is 32.3 Å². The number of anilines is 1. The minimum absolute atomic E-state index is 0.0733. The lowest BCUT2D eigenvalue weighted by Gasteiger charge is -2.39. The van der Waals surface area contributed by atoms with Crippen molar-refractivity contribution < 1.29 is 19.1 Å². The molecule has 3 rings (SSSR count). The van der Waals surface area contributed by atoms with E-state index in [4.69, 9.17) is 9.47 Å². The highest BCUT2D eigenvalue weighted by molar-refractivity contribution is 6.01. The minimum Gasteiger partial charge on any atom is -0.468 e. The number of methoxy groups -OCH3 is 1. The van der Waals surface area contributed by atoms with Gasteiger partial charge in [0.25, 0.3) is 0 Å². The molecular formula is C14H15NO4. The Kier molecular flexibility index (Phi) is 2.60. The van der Waals surface area contributed by atoms with Gasteiger partial charge >= 0.3 is 5.97 Å². The summed E-state index contributed by atoms with van der Waals surface area (Å²) in [6.45, 7) is 0.671. The molecule has 0 radical (unpaired) electrons. The summed E-state index contributed by atoms with van der Waals surface area (Å²) in [4.78, 5) is 25.3. The number of likely N-dealkylation sites (N-methyl/N-ethyl adjacent to an activating group) is 1. The lowest BCUT2D eigenvalue weighted by molar-refractivity contribution is -0.166. The smallest absolute Gasteiger partial charge is 0.321 e. The number of rotatable bonds is 2. The number of amides is 1. The molecule has 0 aliphatic carbocycles. The zero-order chi connectivity index (χ0) is 13.6. The maximum atomic E-state index is 12.0. The molecule has 1 amide bonds. The number of carbonyl (C=O) groups excluding carboxylic acids is 2. The van der Waals surface area contributed by atoms with E-state index in [1.165, 1.54) is 7.11 Å². The topological polar surface area (TPSA) is 55.8 Å². The van der Waals surface area contributed by atoms with Crippen LogP contribution in [0.4, 0.5) is 5.69 Å². The van der Waals surface area contributed by atoms with Crippen molar-refractivity contribution in [2.45, 2.75) is 11.8 Å². The van der Waals surface area contributed by atoms with Crippen molar-refractivity contribution in [2.24, 2.45) is 0 Å². The second kappa shape index (κ2) is 4.06. The third kappa shape index (κ3) is 1.58. The second-order valence-electron chi connectivity index (χ2n) is 5.04. The molecule has 1 saturated heterocycles. The Balaban J connectivity index is 2.02. The first-order valence-corrected chi connectivity index (χ1v) is 6.14. The van der Waals surface area contributed by atoms with Crippen LogP contribution < -0.4 is 4.90 Å². The summed E-state index contributed by atoms with van der Waals surface area (Å²) in [5.41, 5.74) is 2.04. The Morgan fingerprint density at radius 2 is 2.16 bits per heavy atom. The van der Waals surface area contributed by atoms with Gasteiger partial charge in [0.05, 0.1) is 26.7 Å². The van der Waals surface area contributed by atoms with Crippen LogP contribution in [-0.4, -0.2) is 39.2 Å². The lowest BCUT2D eigenvalue weighted by Crippen LogP contribution is -2.53. The number of ether oxygens (including phenoxy) is 2. The molecule has 0 bridgehead atoms. The average Bonchev–Trinajstić information content (AvgIpc) is 2.63. The maximum absolute atomic E-state index is 12.0. The molecule has 19 heavy (non-hydrogen) atoms. The zero-order valence-corrected chi connectivity index (χ0v) is 10.9. The molecule has 5 heteroatoms. The lowest BCUT2D eigenvalue weighted by atomic mass is 9.78. The predicted octanol–water partition coefficient (Wildman–Crippen LogP) is 0.646. The van der Waals surface area contributed by atoms with Crippen molar-refractivity contribution in [1.82, 2.24) is 0 Å². The number of benzene rings is 1. The molecule has 1 aromatic rings. The molecule has 0 unspecified atom stereocenters. The van der Waals surface area contributed by atoms with Crippen molar-refractivity contribution in [3.8, 4) is 0 Å².